The van der Waals surface area contributed by atoms with Crippen LogP contribution in [0.1, 0.15) is 94.1 Å². The molecule has 3 rings (SSSR count). The quantitative estimate of drug-likeness (QED) is 0.354. The Morgan fingerprint density at radius 3 is 2.56 bits per heavy atom. The first-order valence-corrected chi connectivity index (χ1v) is 11.5. The number of anilines is 1. The van der Waals surface area contributed by atoms with Crippen molar-refractivity contribution in [2.45, 2.75) is 78.1 Å². The minimum atomic E-state index is -0.163. The molecule has 1 amide bonds. The SMILES string of the molecule is CCCCCC(CC(=O)Nc1cc(C(C)=O)ccc1C(C)(C)C)c1cccc2c1OCO2. The van der Waals surface area contributed by atoms with Gasteiger partial charge in [-0.05, 0) is 42.4 Å². The van der Waals surface area contributed by atoms with Gasteiger partial charge in [-0.15, -0.1) is 0 Å². The molecule has 1 aliphatic heterocycles. The average Bonchev–Trinajstić information content (AvgIpc) is 3.21. The van der Waals surface area contributed by atoms with Crippen molar-refractivity contribution in [3.63, 3.8) is 0 Å². The van der Waals surface area contributed by atoms with Gasteiger partial charge in [0.1, 0.15) is 0 Å². The molecule has 5 nitrogen and oxygen atoms in total. The molecule has 0 aromatic heterocycles. The molecule has 0 saturated carbocycles. The Morgan fingerprint density at radius 2 is 1.88 bits per heavy atom. The third kappa shape index (κ3) is 5.70. The number of nitrogens with one attached hydrogen (secondary N) is 1. The number of carbonyl (C=O) groups excluding carboxylic acids is 2. The first-order valence-electron chi connectivity index (χ1n) is 11.5. The number of para-hydroxylation sites is 1. The van der Waals surface area contributed by atoms with Crippen LogP contribution >= 0.6 is 0 Å². The third-order valence-electron chi connectivity index (χ3n) is 5.96. The van der Waals surface area contributed by atoms with Gasteiger partial charge in [0.2, 0.25) is 12.7 Å². The van der Waals surface area contributed by atoms with E-state index < -0.39 is 0 Å². The minimum Gasteiger partial charge on any atom is -0.454 e. The van der Waals surface area contributed by atoms with Gasteiger partial charge in [-0.25, -0.2) is 0 Å². The number of Topliss-reactive ketones (excluding diaryl/α,β-unsaturated/α-hetero) is 1. The largest absolute Gasteiger partial charge is 0.454 e. The predicted molar refractivity (Wildman–Crippen MR) is 128 cm³/mol. The van der Waals surface area contributed by atoms with Crippen molar-refractivity contribution in [1.82, 2.24) is 0 Å². The lowest BCUT2D eigenvalue weighted by atomic mass is 9.84. The highest BCUT2D eigenvalue weighted by Crippen LogP contribution is 2.42. The maximum Gasteiger partial charge on any atom is 0.231 e. The van der Waals surface area contributed by atoms with E-state index in [1.54, 1.807) is 13.0 Å². The Kier molecular flexibility index (Phi) is 7.60. The molecule has 0 spiro atoms. The zero-order chi connectivity index (χ0) is 23.3. The summed E-state index contributed by atoms with van der Waals surface area (Å²) in [6.07, 6.45) is 4.54. The number of ketones is 1. The Hall–Kier alpha value is -2.82. The lowest BCUT2D eigenvalue weighted by molar-refractivity contribution is -0.116. The highest BCUT2D eigenvalue weighted by atomic mass is 16.7. The van der Waals surface area contributed by atoms with Gasteiger partial charge in [-0.3, -0.25) is 9.59 Å². The zero-order valence-corrected chi connectivity index (χ0v) is 19.9. The number of fused-ring (bicyclic) bond motifs is 1. The second kappa shape index (κ2) is 10.2. The Morgan fingerprint density at radius 1 is 1.09 bits per heavy atom. The standard InChI is InChI=1S/C27H35NO4/c1-6-7-8-10-20(21-11-9-12-24-26(21)32-17-31-24)16-25(30)28-23-15-19(18(2)29)13-14-22(23)27(3,4)5/h9,11-15,20H,6-8,10,16-17H2,1-5H3,(H,28,30). The lowest BCUT2D eigenvalue weighted by Gasteiger charge is -2.24. The number of hydrogen-bond acceptors (Lipinski definition) is 4. The van der Waals surface area contributed by atoms with Gasteiger partial charge in [0, 0.05) is 23.2 Å². The summed E-state index contributed by atoms with van der Waals surface area (Å²) in [5, 5.41) is 3.11. The van der Waals surface area contributed by atoms with E-state index in [9.17, 15) is 9.59 Å². The second-order valence-corrected chi connectivity index (χ2v) is 9.59. The molecule has 172 valence electrons. The zero-order valence-electron chi connectivity index (χ0n) is 19.9. The fourth-order valence-electron chi connectivity index (χ4n) is 4.23. The van der Waals surface area contributed by atoms with Crippen molar-refractivity contribution in [3.8, 4) is 11.5 Å². The fourth-order valence-corrected chi connectivity index (χ4v) is 4.23. The Labute approximate surface area is 191 Å². The maximum absolute atomic E-state index is 13.2. The number of amides is 1. The van der Waals surface area contributed by atoms with Gasteiger partial charge >= 0.3 is 0 Å². The molecule has 2 aromatic carbocycles. The van der Waals surface area contributed by atoms with Crippen LogP contribution in [0.15, 0.2) is 36.4 Å². The molecule has 1 atom stereocenters. The first kappa shape index (κ1) is 23.8. The summed E-state index contributed by atoms with van der Waals surface area (Å²) in [5.74, 6) is 1.46. The Bertz CT molecular complexity index is 974. The van der Waals surface area contributed by atoms with E-state index in [0.29, 0.717) is 17.7 Å². The smallest absolute Gasteiger partial charge is 0.231 e. The van der Waals surface area contributed by atoms with Crippen LogP contribution < -0.4 is 14.8 Å². The fraction of sp³-hybridized carbons (Fsp3) is 0.481. The van der Waals surface area contributed by atoms with Gasteiger partial charge in [0.05, 0.1) is 0 Å². The molecule has 32 heavy (non-hydrogen) atoms. The van der Waals surface area contributed by atoms with E-state index in [0.717, 1.165) is 48.3 Å². The van der Waals surface area contributed by atoms with Crippen LogP contribution in [0.4, 0.5) is 5.69 Å². The predicted octanol–water partition coefficient (Wildman–Crippen LogP) is 6.61. The first-order chi connectivity index (χ1) is 15.2. The van der Waals surface area contributed by atoms with Crippen LogP contribution in [0.5, 0.6) is 11.5 Å². The maximum atomic E-state index is 13.2. The monoisotopic (exact) mass is 437 g/mol. The van der Waals surface area contributed by atoms with Crippen LogP contribution in [-0.2, 0) is 10.2 Å². The van der Waals surface area contributed by atoms with Crippen LogP contribution in [0.3, 0.4) is 0 Å². The highest BCUT2D eigenvalue weighted by molar-refractivity contribution is 5.98. The van der Waals surface area contributed by atoms with Gasteiger partial charge in [-0.1, -0.05) is 71.2 Å². The van der Waals surface area contributed by atoms with Crippen molar-refractivity contribution in [3.05, 3.63) is 53.1 Å². The van der Waals surface area contributed by atoms with Gasteiger partial charge in [0.15, 0.2) is 17.3 Å². The van der Waals surface area contributed by atoms with Crippen LogP contribution in [0, 0.1) is 0 Å². The third-order valence-corrected chi connectivity index (χ3v) is 5.96. The summed E-state index contributed by atoms with van der Waals surface area (Å²) in [5.41, 5.74) is 3.18. The number of benzene rings is 2. The molecule has 2 aromatic rings. The molecule has 1 heterocycles. The van der Waals surface area contributed by atoms with Gasteiger partial charge in [0.25, 0.3) is 0 Å². The van der Waals surface area contributed by atoms with E-state index in [-0.39, 0.29) is 29.8 Å². The van der Waals surface area contributed by atoms with E-state index in [4.69, 9.17) is 9.47 Å². The van der Waals surface area contributed by atoms with Crippen molar-refractivity contribution >= 4 is 17.4 Å². The van der Waals surface area contributed by atoms with Crippen LogP contribution in [-0.4, -0.2) is 18.5 Å². The van der Waals surface area contributed by atoms with Crippen LogP contribution in [0.2, 0.25) is 0 Å². The van der Waals surface area contributed by atoms with Crippen molar-refractivity contribution in [2.75, 3.05) is 12.1 Å². The van der Waals surface area contributed by atoms with E-state index in [2.05, 4.69) is 33.0 Å². The molecule has 1 unspecified atom stereocenters. The molecular weight excluding hydrogens is 402 g/mol. The number of carbonyl (C=O) groups is 2. The van der Waals surface area contributed by atoms with Gasteiger partial charge in [-0.2, -0.15) is 0 Å². The van der Waals surface area contributed by atoms with Crippen molar-refractivity contribution in [1.29, 1.82) is 0 Å². The van der Waals surface area contributed by atoms with E-state index >= 15 is 0 Å². The summed E-state index contributed by atoms with van der Waals surface area (Å²) in [6, 6.07) is 11.5. The number of ether oxygens (including phenoxy) is 2. The van der Waals surface area contributed by atoms with Crippen LogP contribution in [0.25, 0.3) is 0 Å². The topological polar surface area (TPSA) is 64.6 Å². The summed E-state index contributed by atoms with van der Waals surface area (Å²) in [4.78, 5) is 25.1. The number of rotatable bonds is 9. The van der Waals surface area contributed by atoms with E-state index in [1.807, 2.05) is 30.3 Å². The highest BCUT2D eigenvalue weighted by Gasteiger charge is 2.26. The molecule has 0 saturated heterocycles. The summed E-state index contributed by atoms with van der Waals surface area (Å²) >= 11 is 0. The molecule has 1 aliphatic rings. The summed E-state index contributed by atoms with van der Waals surface area (Å²) in [7, 11) is 0. The molecule has 0 fully saturated rings. The number of hydrogen-bond donors (Lipinski definition) is 1. The summed E-state index contributed by atoms with van der Waals surface area (Å²) < 4.78 is 11.3. The molecule has 0 bridgehead atoms. The minimum absolute atomic E-state index is 0.0182. The molecule has 5 heteroatoms. The molecule has 0 aliphatic carbocycles. The lowest BCUT2D eigenvalue weighted by Crippen LogP contribution is -2.21. The van der Waals surface area contributed by atoms with Gasteiger partial charge < -0.3 is 14.8 Å². The normalized spacial score (nSPS) is 13.7. The average molecular weight is 438 g/mol. The van der Waals surface area contributed by atoms with Crippen molar-refractivity contribution < 1.29 is 19.1 Å². The summed E-state index contributed by atoms with van der Waals surface area (Å²) in [6.45, 7) is 10.2. The second-order valence-electron chi connectivity index (χ2n) is 9.59. The van der Waals surface area contributed by atoms with Crippen molar-refractivity contribution in [2.24, 2.45) is 0 Å². The molecular formula is C27H35NO4. The molecule has 0 radical (unpaired) electrons. The Balaban J connectivity index is 1.85. The molecule has 1 N–H and O–H groups in total. The number of unbranched alkanes of at least 4 members (excludes halogenated alkanes) is 2. The van der Waals surface area contributed by atoms with E-state index in [1.165, 1.54) is 0 Å².